The minimum absolute atomic E-state index is 0.727. The van der Waals surface area contributed by atoms with Crippen LogP contribution in [0, 0.1) is 11.3 Å². The van der Waals surface area contributed by atoms with Crippen LogP contribution in [0.4, 0.5) is 0 Å². The number of hydrogen-bond acceptors (Lipinski definition) is 4. The predicted molar refractivity (Wildman–Crippen MR) is 87.8 cm³/mol. The van der Waals surface area contributed by atoms with Gasteiger partial charge in [-0.25, -0.2) is 14.6 Å². The van der Waals surface area contributed by atoms with E-state index in [0.717, 1.165) is 26.0 Å². The van der Waals surface area contributed by atoms with Crippen molar-refractivity contribution in [1.82, 2.24) is 24.1 Å². The normalized spacial score (nSPS) is 11.8. The summed E-state index contributed by atoms with van der Waals surface area (Å²) >= 11 is 2.06. The molecule has 0 bridgehead atoms. The van der Waals surface area contributed by atoms with Crippen LogP contribution in [0.2, 0.25) is 0 Å². The summed E-state index contributed by atoms with van der Waals surface area (Å²) in [5.74, 6) is 0. The van der Waals surface area contributed by atoms with E-state index in [1.807, 2.05) is 28.9 Å². The van der Waals surface area contributed by atoms with E-state index in [0.29, 0.717) is 0 Å². The third-order valence-corrected chi connectivity index (χ3v) is 3.99. The van der Waals surface area contributed by atoms with E-state index in [1.165, 1.54) is 12.4 Å². The molecule has 0 spiro atoms. The van der Waals surface area contributed by atoms with Gasteiger partial charge in [-0.1, -0.05) is 0 Å². The first kappa shape index (κ1) is 13.2. The lowest BCUT2D eigenvalue weighted by Gasteiger charge is -1.99. The first-order valence-electron chi connectivity index (χ1n) is 5.58. The van der Waals surface area contributed by atoms with E-state index in [-0.39, 0.29) is 0 Å². The molecule has 1 unspecified atom stereocenters. The monoisotopic (exact) mass is 394 g/mol. The summed E-state index contributed by atoms with van der Waals surface area (Å²) in [6.45, 7) is 0. The smallest absolute Gasteiger partial charge is 0.146 e. The van der Waals surface area contributed by atoms with E-state index in [9.17, 15) is 0 Å². The molecule has 6 nitrogen and oxygen atoms in total. The van der Waals surface area contributed by atoms with E-state index >= 15 is 0 Å². The van der Waals surface area contributed by atoms with Crippen molar-refractivity contribution in [1.29, 1.82) is 5.26 Å². The highest BCUT2D eigenvalue weighted by molar-refractivity contribution is 14.1. The number of halogens is 1. The summed E-state index contributed by atoms with van der Waals surface area (Å²) in [7, 11) is 2.58. The van der Waals surface area contributed by atoms with Crippen molar-refractivity contribution in [2.24, 2.45) is 0 Å². The standard InChI is InChI=1S/C12H8IN6P/c13-10(1-3-14)18-6-8(5-17-18)11-9-2-4-19(20)12(9)16-7-15-11/h1-2,4-7H,20H2/b10-1-. The number of rotatable bonds is 2. The zero-order chi connectivity index (χ0) is 14.1. The molecule has 0 saturated carbocycles. The third kappa shape index (κ3) is 2.21. The van der Waals surface area contributed by atoms with Crippen molar-refractivity contribution in [3.63, 3.8) is 0 Å². The molecular weight excluding hydrogens is 386 g/mol. The summed E-state index contributed by atoms with van der Waals surface area (Å²) < 4.78 is 4.24. The second-order valence-electron chi connectivity index (χ2n) is 3.95. The molecule has 0 aliphatic heterocycles. The second kappa shape index (κ2) is 5.31. The number of aromatic nitrogens is 5. The molecule has 3 rings (SSSR count). The third-order valence-electron chi connectivity index (χ3n) is 2.77. The summed E-state index contributed by atoms with van der Waals surface area (Å²) in [5.41, 5.74) is 2.55. The van der Waals surface area contributed by atoms with Gasteiger partial charge < -0.3 is 4.34 Å². The van der Waals surface area contributed by atoms with Gasteiger partial charge in [-0.05, 0) is 38.0 Å². The van der Waals surface area contributed by atoms with Gasteiger partial charge in [-0.3, -0.25) is 0 Å². The molecule has 20 heavy (non-hydrogen) atoms. The van der Waals surface area contributed by atoms with Crippen LogP contribution in [-0.4, -0.2) is 24.1 Å². The summed E-state index contributed by atoms with van der Waals surface area (Å²) in [6, 6.07) is 3.95. The summed E-state index contributed by atoms with van der Waals surface area (Å²) in [5, 5.41) is 13.9. The zero-order valence-corrected chi connectivity index (χ0v) is 13.4. The molecule has 0 aromatic carbocycles. The van der Waals surface area contributed by atoms with E-state index < -0.39 is 0 Å². The maximum atomic E-state index is 8.67. The first-order valence-corrected chi connectivity index (χ1v) is 7.18. The van der Waals surface area contributed by atoms with Gasteiger partial charge >= 0.3 is 0 Å². The Balaban J connectivity index is 2.13. The molecule has 0 radical (unpaired) electrons. The Morgan fingerprint density at radius 1 is 1.45 bits per heavy atom. The minimum Gasteiger partial charge on any atom is -0.317 e. The number of hydrogen-bond donors (Lipinski definition) is 0. The van der Waals surface area contributed by atoms with Crippen LogP contribution >= 0.6 is 32.0 Å². The highest BCUT2D eigenvalue weighted by Gasteiger charge is 2.11. The Bertz CT molecular complexity index is 856. The van der Waals surface area contributed by atoms with Gasteiger partial charge in [0.05, 0.1) is 18.0 Å². The van der Waals surface area contributed by atoms with Gasteiger partial charge in [0.15, 0.2) is 0 Å². The highest BCUT2D eigenvalue weighted by atomic mass is 127. The average Bonchev–Trinajstić information content (AvgIpc) is 3.07. The lowest BCUT2D eigenvalue weighted by atomic mass is 10.2. The van der Waals surface area contributed by atoms with Crippen molar-refractivity contribution in [3.8, 4) is 17.3 Å². The molecule has 8 heteroatoms. The fraction of sp³-hybridized carbons (Fsp3) is 0. The maximum absolute atomic E-state index is 8.67. The van der Waals surface area contributed by atoms with Gasteiger partial charge in [0.25, 0.3) is 0 Å². The second-order valence-corrected chi connectivity index (χ2v) is 5.61. The van der Waals surface area contributed by atoms with Crippen LogP contribution in [-0.2, 0) is 0 Å². The topological polar surface area (TPSA) is 72.3 Å². The number of fused-ring (bicyclic) bond motifs is 1. The molecular formula is C12H8IN6P. The first-order chi connectivity index (χ1) is 9.70. The zero-order valence-electron chi connectivity index (χ0n) is 10.1. The lowest BCUT2D eigenvalue weighted by Crippen LogP contribution is -1.90. The van der Waals surface area contributed by atoms with Crippen LogP contribution in [0.15, 0.2) is 37.1 Å². The average molecular weight is 394 g/mol. The number of allylic oxidation sites excluding steroid dienone is 1. The highest BCUT2D eigenvalue weighted by Crippen LogP contribution is 2.27. The minimum atomic E-state index is 0.727. The van der Waals surface area contributed by atoms with Crippen molar-refractivity contribution in [3.05, 3.63) is 37.1 Å². The van der Waals surface area contributed by atoms with Crippen LogP contribution in [0.5, 0.6) is 0 Å². The van der Waals surface area contributed by atoms with Crippen molar-refractivity contribution in [2.45, 2.75) is 0 Å². The van der Waals surface area contributed by atoms with Crippen LogP contribution in [0.1, 0.15) is 0 Å². The van der Waals surface area contributed by atoms with Crippen molar-refractivity contribution in [2.75, 3.05) is 0 Å². The molecule has 3 aromatic rings. The molecule has 0 aliphatic carbocycles. The largest absolute Gasteiger partial charge is 0.317 e. The molecule has 0 aliphatic rings. The van der Waals surface area contributed by atoms with Crippen molar-refractivity contribution >= 4 is 46.7 Å². The summed E-state index contributed by atoms with van der Waals surface area (Å²) in [4.78, 5) is 8.58. The van der Waals surface area contributed by atoms with Gasteiger partial charge in [-0.15, -0.1) is 0 Å². The molecule has 0 amide bonds. The van der Waals surface area contributed by atoms with E-state index in [2.05, 4.69) is 47.0 Å². The Morgan fingerprint density at radius 3 is 3.10 bits per heavy atom. The van der Waals surface area contributed by atoms with Crippen LogP contribution in [0.25, 0.3) is 26.0 Å². The van der Waals surface area contributed by atoms with E-state index in [1.54, 1.807) is 10.9 Å². The van der Waals surface area contributed by atoms with Gasteiger partial charge in [0.1, 0.15) is 15.7 Å². The van der Waals surface area contributed by atoms with Gasteiger partial charge in [0.2, 0.25) is 0 Å². The molecule has 3 heterocycles. The molecule has 0 saturated heterocycles. The van der Waals surface area contributed by atoms with Crippen LogP contribution < -0.4 is 0 Å². The molecule has 98 valence electrons. The Kier molecular flexibility index (Phi) is 3.51. The quantitative estimate of drug-likeness (QED) is 0.381. The van der Waals surface area contributed by atoms with Crippen LogP contribution in [0.3, 0.4) is 0 Å². The Hall–Kier alpha value is -1.78. The maximum Gasteiger partial charge on any atom is 0.146 e. The predicted octanol–water partition coefficient (Wildman–Crippen LogP) is 2.69. The molecule has 0 fully saturated rings. The number of nitriles is 1. The lowest BCUT2D eigenvalue weighted by molar-refractivity contribution is 0.931. The Morgan fingerprint density at radius 2 is 2.30 bits per heavy atom. The molecule has 3 aromatic heterocycles. The van der Waals surface area contributed by atoms with E-state index in [4.69, 9.17) is 5.26 Å². The fourth-order valence-electron chi connectivity index (χ4n) is 1.88. The van der Waals surface area contributed by atoms with Gasteiger partial charge in [-0.2, -0.15) is 10.4 Å². The SMILES string of the molecule is N#C/C=C(/I)n1cc(-c2ncnc3c2ccn3P)cn1. The fourth-order valence-corrected chi connectivity index (χ4v) is 2.58. The van der Waals surface area contributed by atoms with Gasteiger partial charge in [0, 0.05) is 29.4 Å². The van der Waals surface area contributed by atoms with Crippen molar-refractivity contribution < 1.29 is 0 Å². The number of nitrogens with zero attached hydrogens (tertiary/aromatic N) is 6. The Labute approximate surface area is 130 Å². The molecule has 0 N–H and O–H groups in total. The summed E-state index contributed by atoms with van der Waals surface area (Å²) in [6.07, 6.45) is 8.46. The molecule has 1 atom stereocenters.